The van der Waals surface area contributed by atoms with E-state index in [0.717, 1.165) is 17.2 Å². The van der Waals surface area contributed by atoms with Crippen LogP contribution in [0.3, 0.4) is 0 Å². The van der Waals surface area contributed by atoms with Crippen LogP contribution in [-0.2, 0) is 0 Å². The van der Waals surface area contributed by atoms with E-state index in [0.29, 0.717) is 0 Å². The van der Waals surface area contributed by atoms with Crippen molar-refractivity contribution in [1.29, 1.82) is 0 Å². The van der Waals surface area contributed by atoms with Crippen molar-refractivity contribution < 1.29 is 14.2 Å². The van der Waals surface area contributed by atoms with Crippen LogP contribution < -0.4 is 19.4 Å². The van der Waals surface area contributed by atoms with Crippen molar-refractivity contribution in [1.82, 2.24) is 0 Å². The Kier molecular flexibility index (Phi) is 5.32. The predicted molar refractivity (Wildman–Crippen MR) is 91.4 cm³/mol. The Labute approximate surface area is 125 Å². The van der Waals surface area contributed by atoms with Crippen LogP contribution >= 0.6 is 0 Å². The third kappa shape index (κ3) is 4.02. The fraction of sp³-hybridized carbons (Fsp3) is 0.600. The summed E-state index contributed by atoms with van der Waals surface area (Å²) in [5, 5.41) is 1.27. The van der Waals surface area contributed by atoms with Gasteiger partial charge in [-0.15, -0.1) is 0 Å². The smallest absolute Gasteiger partial charge is 0.126 e. The Morgan fingerprint density at radius 3 is 1.55 bits per heavy atom. The van der Waals surface area contributed by atoms with E-state index in [-0.39, 0.29) is 0 Å². The molecule has 114 valence electrons. The van der Waals surface area contributed by atoms with E-state index in [9.17, 15) is 0 Å². The Hall–Kier alpha value is -0.946. The van der Waals surface area contributed by atoms with E-state index in [1.807, 2.05) is 12.1 Å². The van der Waals surface area contributed by atoms with Crippen molar-refractivity contribution in [3.8, 4) is 17.2 Å². The molecule has 5 heteroatoms. The molecule has 1 aromatic carbocycles. The lowest BCUT2D eigenvalue weighted by Gasteiger charge is -2.32. The summed E-state index contributed by atoms with van der Waals surface area (Å²) in [5.41, 5.74) is 1.30. The van der Waals surface area contributed by atoms with Crippen molar-refractivity contribution in [2.45, 2.75) is 38.4 Å². The second kappa shape index (κ2) is 6.22. The van der Waals surface area contributed by atoms with Gasteiger partial charge in [-0.2, -0.15) is 0 Å². The number of ether oxygens (including phenoxy) is 3. The average molecular weight is 313 g/mol. The van der Waals surface area contributed by atoms with Crippen LogP contribution in [-0.4, -0.2) is 37.5 Å². The van der Waals surface area contributed by atoms with Crippen molar-refractivity contribution in [3.05, 3.63) is 12.1 Å². The number of hydrogen-bond acceptors (Lipinski definition) is 3. The second-order valence-corrected chi connectivity index (χ2v) is 17.8. The van der Waals surface area contributed by atoms with Crippen LogP contribution in [0, 0.1) is 0 Å². The lowest BCUT2D eigenvalue weighted by Crippen LogP contribution is -2.48. The first-order chi connectivity index (χ1) is 9.14. The molecule has 0 spiro atoms. The molecule has 0 bridgehead atoms. The molecule has 0 amide bonds. The van der Waals surface area contributed by atoms with Crippen molar-refractivity contribution in [2.75, 3.05) is 21.3 Å². The number of rotatable bonds is 6. The topological polar surface area (TPSA) is 27.7 Å². The standard InChI is InChI=1S/C15H28O3Si2/c1-16-12-9-13(17-2)15(14(10-12)18-3)20(7,8)11-19(4,5)6/h9-10H,11H2,1-8H3. The summed E-state index contributed by atoms with van der Waals surface area (Å²) in [6, 6.07) is 3.94. The van der Waals surface area contributed by atoms with Crippen molar-refractivity contribution >= 4 is 21.3 Å². The van der Waals surface area contributed by atoms with Crippen molar-refractivity contribution in [3.63, 3.8) is 0 Å². The molecule has 0 saturated heterocycles. The van der Waals surface area contributed by atoms with Gasteiger partial charge in [-0.1, -0.05) is 38.4 Å². The maximum atomic E-state index is 5.62. The Balaban J connectivity index is 3.41. The molecular weight excluding hydrogens is 284 g/mol. The molecule has 20 heavy (non-hydrogen) atoms. The molecule has 0 saturated carbocycles. The molecule has 1 rings (SSSR count). The highest BCUT2D eigenvalue weighted by molar-refractivity contribution is 7.02. The first-order valence-electron chi connectivity index (χ1n) is 6.95. The van der Waals surface area contributed by atoms with E-state index < -0.39 is 16.1 Å². The number of hydrogen-bond donors (Lipinski definition) is 0. The third-order valence-electron chi connectivity index (χ3n) is 3.36. The highest BCUT2D eigenvalue weighted by atomic mass is 28.4. The molecule has 0 atom stereocenters. The van der Waals surface area contributed by atoms with E-state index in [4.69, 9.17) is 14.2 Å². The van der Waals surface area contributed by atoms with Crippen LogP contribution in [0.25, 0.3) is 0 Å². The molecule has 0 aliphatic rings. The van der Waals surface area contributed by atoms with E-state index >= 15 is 0 Å². The van der Waals surface area contributed by atoms with E-state index in [1.54, 1.807) is 21.3 Å². The molecule has 0 unspecified atom stereocenters. The highest BCUT2D eigenvalue weighted by Crippen LogP contribution is 2.32. The lowest BCUT2D eigenvalue weighted by molar-refractivity contribution is 0.379. The molecule has 1 aromatic rings. The van der Waals surface area contributed by atoms with Gasteiger partial charge in [-0.25, -0.2) is 0 Å². The minimum Gasteiger partial charge on any atom is -0.497 e. The van der Waals surface area contributed by atoms with Gasteiger partial charge in [0.1, 0.15) is 17.2 Å². The number of benzene rings is 1. The lowest BCUT2D eigenvalue weighted by atomic mass is 10.3. The molecule has 0 fully saturated rings. The summed E-state index contributed by atoms with van der Waals surface area (Å²) in [6.07, 6.45) is 0. The minimum absolute atomic E-state index is 0.778. The molecule has 0 N–H and O–H groups in total. The van der Waals surface area contributed by atoms with Gasteiger partial charge in [0.2, 0.25) is 0 Å². The van der Waals surface area contributed by atoms with Gasteiger partial charge in [0.05, 0.1) is 29.4 Å². The van der Waals surface area contributed by atoms with Crippen LogP contribution in [0.2, 0.25) is 38.4 Å². The van der Waals surface area contributed by atoms with Crippen LogP contribution in [0.4, 0.5) is 0 Å². The summed E-state index contributed by atoms with van der Waals surface area (Å²) >= 11 is 0. The first kappa shape index (κ1) is 17.1. The largest absolute Gasteiger partial charge is 0.497 e. The Morgan fingerprint density at radius 1 is 0.800 bits per heavy atom. The van der Waals surface area contributed by atoms with Gasteiger partial charge in [0.15, 0.2) is 0 Å². The van der Waals surface area contributed by atoms with Gasteiger partial charge >= 0.3 is 0 Å². The fourth-order valence-corrected chi connectivity index (χ4v) is 16.1. The molecule has 3 nitrogen and oxygen atoms in total. The highest BCUT2D eigenvalue weighted by Gasteiger charge is 2.35. The minimum atomic E-state index is -1.63. The van der Waals surface area contributed by atoms with Crippen LogP contribution in [0.1, 0.15) is 0 Å². The maximum absolute atomic E-state index is 5.62. The number of methoxy groups -OCH3 is 3. The van der Waals surface area contributed by atoms with Gasteiger partial charge in [-0.05, 0) is 0 Å². The van der Waals surface area contributed by atoms with E-state index in [2.05, 4.69) is 32.7 Å². The van der Waals surface area contributed by atoms with Crippen LogP contribution in [0.15, 0.2) is 12.1 Å². The second-order valence-electron chi connectivity index (χ2n) is 7.03. The summed E-state index contributed by atoms with van der Waals surface area (Å²) in [6.45, 7) is 12.1. The van der Waals surface area contributed by atoms with Gasteiger partial charge in [0, 0.05) is 25.4 Å². The maximum Gasteiger partial charge on any atom is 0.126 e. The predicted octanol–water partition coefficient (Wildman–Crippen LogP) is 3.51. The Bertz CT molecular complexity index is 440. The first-order valence-corrected chi connectivity index (χ1v) is 13.9. The monoisotopic (exact) mass is 312 g/mol. The zero-order valence-corrected chi connectivity index (χ0v) is 16.1. The molecule has 0 aromatic heterocycles. The molecule has 0 aliphatic heterocycles. The van der Waals surface area contributed by atoms with Crippen LogP contribution in [0.5, 0.6) is 17.2 Å². The zero-order chi connectivity index (χ0) is 15.6. The molecule has 0 aliphatic carbocycles. The Morgan fingerprint density at radius 2 is 1.25 bits per heavy atom. The normalized spacial score (nSPS) is 12.2. The summed E-state index contributed by atoms with van der Waals surface area (Å²) < 4.78 is 16.6. The van der Waals surface area contributed by atoms with Gasteiger partial charge < -0.3 is 14.2 Å². The molecule has 0 radical (unpaired) electrons. The van der Waals surface area contributed by atoms with Gasteiger partial charge in [0.25, 0.3) is 0 Å². The summed E-state index contributed by atoms with van der Waals surface area (Å²) in [4.78, 5) is 0. The van der Waals surface area contributed by atoms with Gasteiger partial charge in [-0.3, -0.25) is 0 Å². The quantitative estimate of drug-likeness (QED) is 0.752. The van der Waals surface area contributed by atoms with E-state index in [1.165, 1.54) is 10.9 Å². The molecule has 0 heterocycles. The zero-order valence-electron chi connectivity index (χ0n) is 14.1. The fourth-order valence-electron chi connectivity index (χ4n) is 3.09. The molecular formula is C15H28O3Si2. The van der Waals surface area contributed by atoms with Crippen molar-refractivity contribution in [2.24, 2.45) is 0 Å². The summed E-state index contributed by atoms with van der Waals surface area (Å²) in [7, 11) is 2.33. The summed E-state index contributed by atoms with van der Waals surface area (Å²) in [5.74, 6) is 2.58. The average Bonchev–Trinajstić information content (AvgIpc) is 2.33. The SMILES string of the molecule is COc1cc(OC)c([Si](C)(C)C[Si](C)(C)C)c(OC)c1. The third-order valence-corrected chi connectivity index (χ3v) is 13.0.